The summed E-state index contributed by atoms with van der Waals surface area (Å²) >= 11 is 0. The molecule has 0 aliphatic rings. The lowest BCUT2D eigenvalue weighted by molar-refractivity contribution is 0.0553. The molecular formula is C14H12O7S. The van der Waals surface area contributed by atoms with Gasteiger partial charge in [-0.1, -0.05) is 24.3 Å². The molecule has 0 atom stereocenters. The Morgan fingerprint density at radius 1 is 1.00 bits per heavy atom. The lowest BCUT2D eigenvalue weighted by atomic mass is 9.98. The minimum absolute atomic E-state index is 0.278. The summed E-state index contributed by atoms with van der Waals surface area (Å²) in [7, 11) is -2.62. The highest BCUT2D eigenvalue weighted by molar-refractivity contribution is 7.86. The zero-order valence-electron chi connectivity index (χ0n) is 11.7. The average Bonchev–Trinajstić information content (AvgIpc) is 2.50. The van der Waals surface area contributed by atoms with Crippen molar-refractivity contribution in [2.75, 3.05) is 14.2 Å². The van der Waals surface area contributed by atoms with Gasteiger partial charge < -0.3 is 9.47 Å². The van der Waals surface area contributed by atoms with E-state index in [1.54, 1.807) is 12.1 Å². The number of fused-ring (bicyclic) bond motifs is 1. The summed E-state index contributed by atoms with van der Waals surface area (Å²) in [5.74, 6) is -1.99. The largest absolute Gasteiger partial charge is 0.465 e. The molecule has 0 saturated carbocycles. The third-order valence-corrected chi connectivity index (χ3v) is 3.95. The van der Waals surface area contributed by atoms with Crippen LogP contribution in [0.1, 0.15) is 20.7 Å². The Bertz CT molecular complexity index is 868. The fraction of sp³-hybridized carbons (Fsp3) is 0.143. The number of rotatable bonds is 3. The molecule has 0 aliphatic carbocycles. The van der Waals surface area contributed by atoms with Gasteiger partial charge in [0.1, 0.15) is 4.90 Å². The van der Waals surface area contributed by atoms with Gasteiger partial charge in [-0.25, -0.2) is 9.59 Å². The second kappa shape index (κ2) is 5.74. The number of methoxy groups -OCH3 is 2. The molecule has 0 aliphatic heterocycles. The van der Waals surface area contributed by atoms with Gasteiger partial charge in [-0.2, -0.15) is 8.42 Å². The Morgan fingerprint density at radius 3 is 2.09 bits per heavy atom. The van der Waals surface area contributed by atoms with Crippen molar-refractivity contribution in [3.63, 3.8) is 0 Å². The molecule has 2 aromatic carbocycles. The molecule has 0 amide bonds. The summed E-state index contributed by atoms with van der Waals surface area (Å²) in [6.07, 6.45) is 0. The van der Waals surface area contributed by atoms with Crippen molar-refractivity contribution in [1.29, 1.82) is 0 Å². The van der Waals surface area contributed by atoms with Crippen LogP contribution in [0.2, 0.25) is 0 Å². The number of hydrogen-bond donors (Lipinski definition) is 1. The van der Waals surface area contributed by atoms with E-state index in [0.717, 1.165) is 20.3 Å². The van der Waals surface area contributed by atoms with Crippen LogP contribution < -0.4 is 0 Å². The Labute approximate surface area is 126 Å². The van der Waals surface area contributed by atoms with E-state index in [2.05, 4.69) is 9.47 Å². The van der Waals surface area contributed by atoms with Gasteiger partial charge >= 0.3 is 11.9 Å². The second-order valence-electron chi connectivity index (χ2n) is 4.30. The van der Waals surface area contributed by atoms with Crippen LogP contribution in [-0.2, 0) is 19.6 Å². The van der Waals surface area contributed by atoms with E-state index in [9.17, 15) is 22.6 Å². The van der Waals surface area contributed by atoms with Crippen LogP contribution >= 0.6 is 0 Å². The average molecular weight is 324 g/mol. The molecule has 2 rings (SSSR count). The molecule has 0 unspecified atom stereocenters. The molecule has 2 aromatic rings. The predicted octanol–water partition coefficient (Wildman–Crippen LogP) is 1.66. The van der Waals surface area contributed by atoms with Gasteiger partial charge in [0.25, 0.3) is 10.1 Å². The van der Waals surface area contributed by atoms with E-state index < -0.39 is 32.5 Å². The zero-order chi connectivity index (χ0) is 16.5. The van der Waals surface area contributed by atoms with Gasteiger partial charge in [-0.05, 0) is 16.8 Å². The van der Waals surface area contributed by atoms with Crippen LogP contribution in [0, 0.1) is 0 Å². The van der Waals surface area contributed by atoms with Crippen molar-refractivity contribution in [3.05, 3.63) is 41.5 Å². The molecule has 8 heteroatoms. The minimum Gasteiger partial charge on any atom is -0.465 e. The van der Waals surface area contributed by atoms with Crippen LogP contribution in [0.15, 0.2) is 35.2 Å². The highest BCUT2D eigenvalue weighted by Gasteiger charge is 2.30. The van der Waals surface area contributed by atoms with Crippen LogP contribution in [0.5, 0.6) is 0 Å². The number of benzene rings is 2. The standard InChI is InChI=1S/C14H12O7S/c1-20-13(15)11-9-6-4-3-5-8(9)7-10(22(17,18)19)12(11)14(16)21-2/h3-7H,1-2H3,(H,17,18,19). The van der Waals surface area contributed by atoms with Crippen molar-refractivity contribution < 1.29 is 32.0 Å². The Morgan fingerprint density at radius 2 is 1.55 bits per heavy atom. The van der Waals surface area contributed by atoms with Gasteiger partial charge in [0, 0.05) is 0 Å². The quantitative estimate of drug-likeness (QED) is 0.675. The molecule has 7 nitrogen and oxygen atoms in total. The maximum absolute atomic E-state index is 12.0. The first-order valence-electron chi connectivity index (χ1n) is 6.01. The monoisotopic (exact) mass is 324 g/mol. The molecule has 0 radical (unpaired) electrons. The maximum atomic E-state index is 12.0. The first-order chi connectivity index (χ1) is 10.3. The third-order valence-electron chi connectivity index (χ3n) is 3.07. The summed E-state index contributed by atoms with van der Waals surface area (Å²) < 4.78 is 41.7. The highest BCUT2D eigenvalue weighted by atomic mass is 32.2. The van der Waals surface area contributed by atoms with Crippen LogP contribution in [-0.4, -0.2) is 39.1 Å². The van der Waals surface area contributed by atoms with Gasteiger partial charge in [0.2, 0.25) is 0 Å². The van der Waals surface area contributed by atoms with Crippen LogP contribution in [0.4, 0.5) is 0 Å². The SMILES string of the molecule is COC(=O)c1c(S(=O)(=O)O)cc2ccccc2c1C(=O)OC. The van der Waals surface area contributed by atoms with Gasteiger partial charge in [0.05, 0.1) is 25.3 Å². The summed E-state index contributed by atoms with van der Waals surface area (Å²) in [5, 5.41) is 0.658. The van der Waals surface area contributed by atoms with E-state index in [1.165, 1.54) is 12.1 Å². The molecule has 116 valence electrons. The molecule has 22 heavy (non-hydrogen) atoms. The normalized spacial score (nSPS) is 11.2. The molecule has 0 heterocycles. The number of ether oxygens (including phenoxy) is 2. The number of hydrogen-bond acceptors (Lipinski definition) is 6. The van der Waals surface area contributed by atoms with Crippen molar-refractivity contribution in [2.45, 2.75) is 4.90 Å². The fourth-order valence-electron chi connectivity index (χ4n) is 2.14. The molecule has 0 saturated heterocycles. The lowest BCUT2D eigenvalue weighted by Crippen LogP contribution is -2.17. The Balaban J connectivity index is 3.08. The molecule has 0 bridgehead atoms. The molecule has 0 spiro atoms. The predicted molar refractivity (Wildman–Crippen MR) is 76.4 cm³/mol. The lowest BCUT2D eigenvalue weighted by Gasteiger charge is -2.13. The third kappa shape index (κ3) is 2.66. The van der Waals surface area contributed by atoms with Gasteiger partial charge in [-0.15, -0.1) is 0 Å². The van der Waals surface area contributed by atoms with Crippen LogP contribution in [0.25, 0.3) is 10.8 Å². The Kier molecular flexibility index (Phi) is 4.16. The van der Waals surface area contributed by atoms with E-state index in [1.807, 2.05) is 0 Å². The highest BCUT2D eigenvalue weighted by Crippen LogP contribution is 2.30. The van der Waals surface area contributed by atoms with E-state index in [4.69, 9.17) is 0 Å². The van der Waals surface area contributed by atoms with Crippen molar-refractivity contribution in [2.24, 2.45) is 0 Å². The van der Waals surface area contributed by atoms with Crippen LogP contribution in [0.3, 0.4) is 0 Å². The fourth-order valence-corrected chi connectivity index (χ4v) is 2.86. The van der Waals surface area contributed by atoms with Gasteiger partial charge in [0.15, 0.2) is 0 Å². The number of carbonyl (C=O) groups excluding carboxylic acids is 2. The van der Waals surface area contributed by atoms with E-state index in [-0.39, 0.29) is 5.56 Å². The summed E-state index contributed by atoms with van der Waals surface area (Å²) in [4.78, 5) is 23.3. The summed E-state index contributed by atoms with van der Waals surface area (Å²) in [5.41, 5.74) is -0.837. The first kappa shape index (κ1) is 15.9. The number of carbonyl (C=O) groups is 2. The number of esters is 2. The van der Waals surface area contributed by atoms with Crippen molar-refractivity contribution in [3.8, 4) is 0 Å². The van der Waals surface area contributed by atoms with E-state index in [0.29, 0.717) is 10.8 Å². The topological polar surface area (TPSA) is 107 Å². The van der Waals surface area contributed by atoms with E-state index >= 15 is 0 Å². The smallest absolute Gasteiger partial charge is 0.340 e. The summed E-state index contributed by atoms with van der Waals surface area (Å²) in [6.45, 7) is 0. The maximum Gasteiger partial charge on any atom is 0.340 e. The zero-order valence-corrected chi connectivity index (χ0v) is 12.5. The van der Waals surface area contributed by atoms with Crippen molar-refractivity contribution >= 4 is 32.8 Å². The molecule has 0 fully saturated rings. The summed E-state index contributed by atoms with van der Waals surface area (Å²) in [6, 6.07) is 7.40. The Hall–Kier alpha value is -2.45. The molecule has 1 N–H and O–H groups in total. The first-order valence-corrected chi connectivity index (χ1v) is 7.45. The van der Waals surface area contributed by atoms with Gasteiger partial charge in [-0.3, -0.25) is 4.55 Å². The molecule has 0 aromatic heterocycles. The van der Waals surface area contributed by atoms with Crippen molar-refractivity contribution in [1.82, 2.24) is 0 Å². The molecular weight excluding hydrogens is 312 g/mol. The minimum atomic E-state index is -4.75. The second-order valence-corrected chi connectivity index (χ2v) is 5.69.